The maximum Gasteiger partial charge on any atom is 0.259 e. The van der Waals surface area contributed by atoms with Gasteiger partial charge >= 0.3 is 0 Å². The number of halogens is 2. The maximum absolute atomic E-state index is 12.6. The minimum Gasteiger partial charge on any atom is -0.383 e. The third kappa shape index (κ3) is 2.17. The van der Waals surface area contributed by atoms with E-state index in [1.807, 2.05) is 0 Å². The molecular formula is C14H11Cl2N5O. The van der Waals surface area contributed by atoms with Gasteiger partial charge in [-0.05, 0) is 18.2 Å². The van der Waals surface area contributed by atoms with Gasteiger partial charge in [0.2, 0.25) is 5.95 Å². The Morgan fingerprint density at radius 3 is 2.41 bits per heavy atom. The van der Waals surface area contributed by atoms with E-state index in [2.05, 4.69) is 9.97 Å². The summed E-state index contributed by atoms with van der Waals surface area (Å²) in [7, 11) is 1.57. The number of anilines is 2. The van der Waals surface area contributed by atoms with Crippen molar-refractivity contribution in [3.8, 4) is 11.1 Å². The number of pyridine rings is 1. The molecule has 6 nitrogen and oxygen atoms in total. The largest absolute Gasteiger partial charge is 0.383 e. The second-order valence-electron chi connectivity index (χ2n) is 4.72. The van der Waals surface area contributed by atoms with Gasteiger partial charge in [0.15, 0.2) is 0 Å². The highest BCUT2D eigenvalue weighted by Crippen LogP contribution is 2.34. The van der Waals surface area contributed by atoms with Crippen molar-refractivity contribution in [2.24, 2.45) is 7.05 Å². The highest BCUT2D eigenvalue weighted by atomic mass is 35.5. The SMILES string of the molecule is Cn1c(=O)c(-c2c(Cl)cccc2Cl)cc2c(N)nc(N)nc21. The number of hydrogen-bond acceptors (Lipinski definition) is 5. The van der Waals surface area contributed by atoms with E-state index >= 15 is 0 Å². The van der Waals surface area contributed by atoms with Crippen LogP contribution in [0.4, 0.5) is 11.8 Å². The summed E-state index contributed by atoms with van der Waals surface area (Å²) in [6, 6.07) is 6.61. The number of nitrogens with zero attached hydrogens (tertiary/aromatic N) is 3. The van der Waals surface area contributed by atoms with Crippen molar-refractivity contribution in [2.45, 2.75) is 0 Å². The van der Waals surface area contributed by atoms with Gasteiger partial charge in [0.25, 0.3) is 5.56 Å². The van der Waals surface area contributed by atoms with Crippen molar-refractivity contribution in [3.05, 3.63) is 44.7 Å². The van der Waals surface area contributed by atoms with Crippen LogP contribution in [0, 0.1) is 0 Å². The van der Waals surface area contributed by atoms with E-state index in [4.69, 9.17) is 34.7 Å². The number of nitrogens with two attached hydrogens (primary N) is 2. The summed E-state index contributed by atoms with van der Waals surface area (Å²) in [5.41, 5.74) is 12.3. The maximum atomic E-state index is 12.6. The summed E-state index contributed by atoms with van der Waals surface area (Å²) in [5, 5.41) is 1.25. The van der Waals surface area contributed by atoms with Crippen LogP contribution < -0.4 is 17.0 Å². The third-order valence-corrected chi connectivity index (χ3v) is 3.98. The van der Waals surface area contributed by atoms with Crippen molar-refractivity contribution in [1.29, 1.82) is 0 Å². The molecule has 0 saturated carbocycles. The zero-order chi connectivity index (χ0) is 16.0. The second kappa shape index (κ2) is 5.15. The summed E-state index contributed by atoms with van der Waals surface area (Å²) < 4.78 is 1.35. The number of fused-ring (bicyclic) bond motifs is 1. The number of aryl methyl sites for hydroxylation is 1. The summed E-state index contributed by atoms with van der Waals surface area (Å²) in [6.07, 6.45) is 0. The molecule has 0 fully saturated rings. The molecule has 0 unspecified atom stereocenters. The topological polar surface area (TPSA) is 99.8 Å². The van der Waals surface area contributed by atoms with Crippen LogP contribution >= 0.6 is 23.2 Å². The van der Waals surface area contributed by atoms with Gasteiger partial charge in [-0.3, -0.25) is 9.36 Å². The molecule has 0 atom stereocenters. The molecular weight excluding hydrogens is 325 g/mol. The fourth-order valence-electron chi connectivity index (χ4n) is 2.30. The highest BCUT2D eigenvalue weighted by molar-refractivity contribution is 6.39. The Morgan fingerprint density at radius 1 is 1.14 bits per heavy atom. The van der Waals surface area contributed by atoms with E-state index in [0.29, 0.717) is 32.2 Å². The summed E-state index contributed by atoms with van der Waals surface area (Å²) in [4.78, 5) is 20.6. The summed E-state index contributed by atoms with van der Waals surface area (Å²) >= 11 is 12.4. The quantitative estimate of drug-likeness (QED) is 0.711. The first-order valence-electron chi connectivity index (χ1n) is 6.27. The predicted molar refractivity (Wildman–Crippen MR) is 89.1 cm³/mol. The van der Waals surface area contributed by atoms with Crippen LogP contribution in [0.3, 0.4) is 0 Å². The molecule has 3 aromatic rings. The number of hydrogen-bond donors (Lipinski definition) is 2. The standard InChI is InChI=1S/C14H11Cl2N5O/c1-21-12-7(11(17)19-14(18)20-12)5-6(13(21)22)10-8(15)3-2-4-9(10)16/h2-5H,1H3,(H4,17,18,19,20). The van der Waals surface area contributed by atoms with Gasteiger partial charge in [-0.2, -0.15) is 9.97 Å². The zero-order valence-corrected chi connectivity index (χ0v) is 13.0. The van der Waals surface area contributed by atoms with Crippen LogP contribution in [0.25, 0.3) is 22.2 Å². The fourth-order valence-corrected chi connectivity index (χ4v) is 2.90. The molecule has 0 aliphatic rings. The van der Waals surface area contributed by atoms with E-state index < -0.39 is 0 Å². The molecule has 0 saturated heterocycles. The van der Waals surface area contributed by atoms with Crippen molar-refractivity contribution in [1.82, 2.24) is 14.5 Å². The molecule has 0 amide bonds. The van der Waals surface area contributed by atoms with E-state index in [1.165, 1.54) is 4.57 Å². The summed E-state index contributed by atoms with van der Waals surface area (Å²) in [6.45, 7) is 0. The van der Waals surface area contributed by atoms with Crippen molar-refractivity contribution < 1.29 is 0 Å². The molecule has 0 aliphatic carbocycles. The highest BCUT2D eigenvalue weighted by Gasteiger charge is 2.17. The predicted octanol–water partition coefficient (Wildman–Crippen LogP) is 2.47. The number of nitrogen functional groups attached to an aromatic ring is 2. The number of rotatable bonds is 1. The van der Waals surface area contributed by atoms with Crippen LogP contribution in [0.2, 0.25) is 10.0 Å². The monoisotopic (exact) mass is 335 g/mol. The Morgan fingerprint density at radius 2 is 1.77 bits per heavy atom. The Kier molecular flexibility index (Phi) is 3.42. The van der Waals surface area contributed by atoms with Gasteiger partial charge < -0.3 is 11.5 Å². The molecule has 112 valence electrons. The van der Waals surface area contributed by atoms with Gasteiger partial charge in [0.1, 0.15) is 11.5 Å². The normalized spacial score (nSPS) is 11.0. The van der Waals surface area contributed by atoms with E-state index in [9.17, 15) is 4.79 Å². The molecule has 2 aromatic heterocycles. The first-order valence-corrected chi connectivity index (χ1v) is 7.03. The Balaban J connectivity index is 2.47. The van der Waals surface area contributed by atoms with Gasteiger partial charge in [0, 0.05) is 12.6 Å². The van der Waals surface area contributed by atoms with Gasteiger partial charge in [-0.1, -0.05) is 29.3 Å². The first kappa shape index (κ1) is 14.6. The lowest BCUT2D eigenvalue weighted by atomic mass is 10.1. The number of benzene rings is 1. The molecule has 22 heavy (non-hydrogen) atoms. The molecule has 8 heteroatoms. The van der Waals surface area contributed by atoms with Gasteiger partial charge in [0.05, 0.1) is 21.0 Å². The minimum absolute atomic E-state index is 0.00326. The lowest BCUT2D eigenvalue weighted by Crippen LogP contribution is -2.21. The lowest BCUT2D eigenvalue weighted by Gasteiger charge is -2.12. The molecule has 0 spiro atoms. The molecule has 3 rings (SSSR count). The lowest BCUT2D eigenvalue weighted by molar-refractivity contribution is 0.888. The van der Waals surface area contributed by atoms with E-state index in [1.54, 1.807) is 31.3 Å². The molecule has 0 aliphatic heterocycles. The minimum atomic E-state index is -0.306. The first-order chi connectivity index (χ1) is 10.4. The molecule has 4 N–H and O–H groups in total. The van der Waals surface area contributed by atoms with E-state index in [0.717, 1.165) is 0 Å². The molecule has 0 bridgehead atoms. The van der Waals surface area contributed by atoms with Gasteiger partial charge in [-0.25, -0.2) is 0 Å². The summed E-state index contributed by atoms with van der Waals surface area (Å²) in [5.74, 6) is 0.186. The van der Waals surface area contributed by atoms with Crippen molar-refractivity contribution in [2.75, 3.05) is 11.5 Å². The fraction of sp³-hybridized carbons (Fsp3) is 0.0714. The Hall–Kier alpha value is -2.31. The average Bonchev–Trinajstić information content (AvgIpc) is 2.45. The van der Waals surface area contributed by atoms with Crippen LogP contribution in [-0.2, 0) is 7.05 Å². The van der Waals surface area contributed by atoms with Crippen molar-refractivity contribution in [3.63, 3.8) is 0 Å². The smallest absolute Gasteiger partial charge is 0.259 e. The van der Waals surface area contributed by atoms with Crippen LogP contribution in [-0.4, -0.2) is 14.5 Å². The Bertz CT molecular complexity index is 947. The number of aromatic nitrogens is 3. The van der Waals surface area contributed by atoms with Gasteiger partial charge in [-0.15, -0.1) is 0 Å². The zero-order valence-electron chi connectivity index (χ0n) is 11.5. The molecule has 2 heterocycles. The third-order valence-electron chi connectivity index (χ3n) is 3.35. The average molecular weight is 336 g/mol. The van der Waals surface area contributed by atoms with Crippen LogP contribution in [0.1, 0.15) is 0 Å². The molecule has 1 aromatic carbocycles. The van der Waals surface area contributed by atoms with Crippen molar-refractivity contribution >= 4 is 46.0 Å². The Labute approximate surface area is 135 Å². The molecule has 0 radical (unpaired) electrons. The van der Waals surface area contributed by atoms with Crippen LogP contribution in [0.5, 0.6) is 0 Å². The van der Waals surface area contributed by atoms with Crippen LogP contribution in [0.15, 0.2) is 29.1 Å². The van der Waals surface area contributed by atoms with E-state index in [-0.39, 0.29) is 17.3 Å². The second-order valence-corrected chi connectivity index (χ2v) is 5.54.